The molecule has 2 aliphatic rings. The summed E-state index contributed by atoms with van der Waals surface area (Å²) in [6, 6.07) is 12.2. The molecule has 1 aliphatic heterocycles. The van der Waals surface area contributed by atoms with Crippen LogP contribution in [0.3, 0.4) is 0 Å². The van der Waals surface area contributed by atoms with Gasteiger partial charge in [0.2, 0.25) is 0 Å². The Morgan fingerprint density at radius 2 is 1.79 bits per heavy atom. The second-order valence-electron chi connectivity index (χ2n) is 9.08. The SMILES string of the molecule is CC.CO.Cc1ccc(C[C@H]2CCCC3=Cc4c(-c5ccc(F)cc5)ncn4C[C@@]32C)cc1F. The van der Waals surface area contributed by atoms with E-state index in [2.05, 4.69) is 28.6 Å². The Morgan fingerprint density at radius 1 is 1.09 bits per heavy atom. The molecule has 1 N–H and O–H groups in total. The number of imidazole rings is 1. The topological polar surface area (TPSA) is 38.1 Å². The number of nitrogens with zero attached hydrogens (tertiary/aromatic N) is 2. The summed E-state index contributed by atoms with van der Waals surface area (Å²) in [6.07, 6.45) is 8.49. The first kappa shape index (κ1) is 25.8. The number of rotatable bonds is 3. The largest absolute Gasteiger partial charge is 0.400 e. The highest BCUT2D eigenvalue weighted by atomic mass is 19.1. The highest BCUT2D eigenvalue weighted by Gasteiger charge is 2.43. The van der Waals surface area contributed by atoms with Gasteiger partial charge in [0, 0.05) is 24.6 Å². The molecule has 2 aromatic carbocycles. The van der Waals surface area contributed by atoms with Crippen LogP contribution in [0, 0.1) is 29.9 Å². The highest BCUT2D eigenvalue weighted by Crippen LogP contribution is 2.51. The van der Waals surface area contributed by atoms with Gasteiger partial charge in [-0.2, -0.15) is 0 Å². The van der Waals surface area contributed by atoms with Gasteiger partial charge in [0.15, 0.2) is 0 Å². The Kier molecular flexibility index (Phi) is 8.42. The summed E-state index contributed by atoms with van der Waals surface area (Å²) < 4.78 is 29.7. The first-order valence-corrected chi connectivity index (χ1v) is 12.2. The Balaban J connectivity index is 0.000000771. The van der Waals surface area contributed by atoms with Crippen molar-refractivity contribution >= 4 is 6.08 Å². The highest BCUT2D eigenvalue weighted by molar-refractivity contribution is 5.72. The van der Waals surface area contributed by atoms with Crippen molar-refractivity contribution in [1.82, 2.24) is 9.55 Å². The van der Waals surface area contributed by atoms with Gasteiger partial charge in [-0.05, 0) is 86.1 Å². The maximum atomic E-state index is 14.1. The Morgan fingerprint density at radius 3 is 2.47 bits per heavy atom. The van der Waals surface area contributed by atoms with Crippen molar-refractivity contribution in [2.24, 2.45) is 11.3 Å². The predicted molar refractivity (Wildman–Crippen MR) is 135 cm³/mol. The maximum absolute atomic E-state index is 14.1. The number of benzene rings is 2. The van der Waals surface area contributed by atoms with Gasteiger partial charge in [-0.3, -0.25) is 0 Å². The smallest absolute Gasteiger partial charge is 0.126 e. The Bertz CT molecular complexity index is 1130. The van der Waals surface area contributed by atoms with Crippen molar-refractivity contribution in [3.05, 3.63) is 82.8 Å². The molecule has 1 fully saturated rings. The summed E-state index contributed by atoms with van der Waals surface area (Å²) in [5.41, 5.74) is 6.23. The van der Waals surface area contributed by atoms with E-state index in [-0.39, 0.29) is 17.0 Å². The van der Waals surface area contributed by atoms with Crippen LogP contribution in [0.4, 0.5) is 8.78 Å². The molecule has 0 spiro atoms. The van der Waals surface area contributed by atoms with Crippen LogP contribution in [-0.4, -0.2) is 21.8 Å². The standard InChI is InChI=1S/C26H26F2N2.C2H6.CH4O/c1-17-6-7-18(13-23(17)28)12-20-4-3-5-21-14-24-25(19-8-10-22(27)11-9-19)29-16-30(24)15-26(20,21)2;2*1-2/h6-11,13-14,16,20H,3-5,12,15H2,1-2H3;1-2H3;2H,1H3/t20-,26-;;/m1../s1. The van der Waals surface area contributed by atoms with E-state index in [0.717, 1.165) is 61.9 Å². The summed E-state index contributed by atoms with van der Waals surface area (Å²) in [4.78, 5) is 4.66. The monoisotopic (exact) mass is 466 g/mol. The molecule has 3 nitrogen and oxygen atoms in total. The number of aliphatic hydroxyl groups excluding tert-OH is 1. The van der Waals surface area contributed by atoms with Crippen LogP contribution in [0.25, 0.3) is 17.3 Å². The third-order valence-corrected chi connectivity index (χ3v) is 7.16. The minimum Gasteiger partial charge on any atom is -0.400 e. The van der Waals surface area contributed by atoms with Crippen LogP contribution < -0.4 is 0 Å². The number of allylic oxidation sites excluding steroid dienone is 1. The lowest BCUT2D eigenvalue weighted by molar-refractivity contribution is 0.152. The van der Waals surface area contributed by atoms with Gasteiger partial charge in [0.25, 0.3) is 0 Å². The van der Waals surface area contributed by atoms with Crippen molar-refractivity contribution in [2.45, 2.75) is 59.9 Å². The summed E-state index contributed by atoms with van der Waals surface area (Å²) in [5.74, 6) is 0.110. The number of halogens is 2. The van der Waals surface area contributed by atoms with Crippen molar-refractivity contribution < 1.29 is 13.9 Å². The molecule has 5 rings (SSSR count). The van der Waals surface area contributed by atoms with E-state index in [9.17, 15) is 8.78 Å². The molecule has 1 saturated carbocycles. The van der Waals surface area contributed by atoms with E-state index in [0.29, 0.717) is 11.5 Å². The van der Waals surface area contributed by atoms with Gasteiger partial charge in [0.05, 0.1) is 17.7 Å². The molecule has 2 heterocycles. The molecule has 1 aliphatic carbocycles. The fourth-order valence-corrected chi connectivity index (χ4v) is 5.27. The predicted octanol–water partition coefficient (Wildman–Crippen LogP) is 7.22. The number of hydrogen-bond acceptors (Lipinski definition) is 2. The molecule has 3 aromatic rings. The fourth-order valence-electron chi connectivity index (χ4n) is 5.27. The molecule has 5 heteroatoms. The molecule has 0 unspecified atom stereocenters. The molecule has 1 aromatic heterocycles. The first-order chi connectivity index (χ1) is 16.4. The van der Waals surface area contributed by atoms with Crippen molar-refractivity contribution in [2.75, 3.05) is 7.11 Å². The van der Waals surface area contributed by atoms with E-state index < -0.39 is 0 Å². The average molecular weight is 467 g/mol. The third kappa shape index (κ3) is 5.00. The van der Waals surface area contributed by atoms with Crippen LogP contribution in [0.1, 0.15) is 56.9 Å². The Hall–Kier alpha value is -2.79. The zero-order chi connectivity index (χ0) is 24.9. The zero-order valence-electron chi connectivity index (χ0n) is 20.9. The van der Waals surface area contributed by atoms with Crippen molar-refractivity contribution in [3.63, 3.8) is 0 Å². The zero-order valence-corrected chi connectivity index (χ0v) is 20.9. The van der Waals surface area contributed by atoms with Crippen LogP contribution in [0.2, 0.25) is 0 Å². The Labute approximate surface area is 202 Å². The van der Waals surface area contributed by atoms with Gasteiger partial charge >= 0.3 is 0 Å². The van der Waals surface area contributed by atoms with Crippen LogP contribution in [0.5, 0.6) is 0 Å². The molecule has 0 amide bonds. The average Bonchev–Trinajstić information content (AvgIpc) is 3.25. The minimum atomic E-state index is -0.236. The molecule has 34 heavy (non-hydrogen) atoms. The molecule has 0 bridgehead atoms. The van der Waals surface area contributed by atoms with Crippen LogP contribution >= 0.6 is 0 Å². The number of aryl methyl sites for hydroxylation is 1. The minimum absolute atomic E-state index is 0.0351. The molecule has 0 radical (unpaired) electrons. The summed E-state index contributed by atoms with van der Waals surface area (Å²) in [7, 11) is 1.00. The maximum Gasteiger partial charge on any atom is 0.126 e. The number of aromatic nitrogens is 2. The lowest BCUT2D eigenvalue weighted by atomic mass is 9.61. The fraction of sp³-hybridized carbons (Fsp3) is 0.414. The van der Waals surface area contributed by atoms with E-state index >= 15 is 0 Å². The van der Waals surface area contributed by atoms with E-state index in [1.165, 1.54) is 17.7 Å². The van der Waals surface area contributed by atoms with Crippen LogP contribution in [0.15, 0.2) is 54.4 Å². The lowest BCUT2D eigenvalue weighted by Gasteiger charge is -2.46. The number of hydrogen-bond donors (Lipinski definition) is 1. The molecule has 2 atom stereocenters. The second-order valence-corrected chi connectivity index (χ2v) is 9.08. The number of fused-ring (bicyclic) bond motifs is 2. The van der Waals surface area contributed by atoms with Crippen molar-refractivity contribution in [1.29, 1.82) is 0 Å². The summed E-state index contributed by atoms with van der Waals surface area (Å²) in [5, 5.41) is 7.00. The lowest BCUT2D eigenvalue weighted by Crippen LogP contribution is -2.40. The number of aliphatic hydroxyl groups is 1. The van der Waals surface area contributed by atoms with Gasteiger partial charge < -0.3 is 9.67 Å². The summed E-state index contributed by atoms with van der Waals surface area (Å²) in [6.45, 7) is 9.04. The summed E-state index contributed by atoms with van der Waals surface area (Å²) >= 11 is 0. The van der Waals surface area contributed by atoms with Gasteiger partial charge in [0.1, 0.15) is 11.6 Å². The molecule has 0 saturated heterocycles. The van der Waals surface area contributed by atoms with E-state index in [1.54, 1.807) is 18.2 Å². The van der Waals surface area contributed by atoms with Gasteiger partial charge in [-0.25, -0.2) is 13.8 Å². The van der Waals surface area contributed by atoms with E-state index in [1.807, 2.05) is 33.2 Å². The molecule has 182 valence electrons. The molecular weight excluding hydrogens is 430 g/mol. The molecular formula is C29H36F2N2O. The first-order valence-electron chi connectivity index (χ1n) is 12.2. The second kappa shape index (κ2) is 11.1. The van der Waals surface area contributed by atoms with Crippen molar-refractivity contribution in [3.8, 4) is 11.3 Å². The van der Waals surface area contributed by atoms with E-state index in [4.69, 9.17) is 5.11 Å². The van der Waals surface area contributed by atoms with Crippen LogP contribution in [-0.2, 0) is 13.0 Å². The normalized spacial score (nSPS) is 20.6. The quantitative estimate of drug-likeness (QED) is 0.443. The van der Waals surface area contributed by atoms with Gasteiger partial charge in [-0.1, -0.05) is 38.5 Å². The third-order valence-electron chi connectivity index (χ3n) is 7.16. The van der Waals surface area contributed by atoms with Gasteiger partial charge in [-0.15, -0.1) is 0 Å².